The number of hydrogen-bond acceptors (Lipinski definition) is 4. The second kappa shape index (κ2) is 9.40. The molecule has 0 aliphatic rings. The van der Waals surface area contributed by atoms with Crippen molar-refractivity contribution in [3.05, 3.63) is 0 Å². The molecule has 4 heteroatoms. The van der Waals surface area contributed by atoms with Crippen molar-refractivity contribution in [1.82, 2.24) is 0 Å². The first kappa shape index (κ1) is 13.8. The van der Waals surface area contributed by atoms with Gasteiger partial charge in [-0.2, -0.15) is 0 Å². The molecule has 0 aromatic carbocycles. The van der Waals surface area contributed by atoms with Crippen LogP contribution in [0.3, 0.4) is 0 Å². The van der Waals surface area contributed by atoms with Gasteiger partial charge in [-0.3, -0.25) is 0 Å². The number of methoxy groups -OCH3 is 1. The smallest absolute Gasteiger partial charge is 0.0804 e. The third kappa shape index (κ3) is 8.44. The fraction of sp³-hybridized carbons (Fsp3) is 1.00. The van der Waals surface area contributed by atoms with Crippen molar-refractivity contribution in [3.8, 4) is 0 Å². The van der Waals surface area contributed by atoms with Crippen LogP contribution in [-0.4, -0.2) is 50.9 Å². The minimum absolute atomic E-state index is 0.127. The summed E-state index contributed by atoms with van der Waals surface area (Å²) in [6, 6.07) is 0. The first-order valence-corrected chi connectivity index (χ1v) is 5.04. The molecule has 0 radical (unpaired) electrons. The van der Waals surface area contributed by atoms with E-state index in [4.69, 9.17) is 19.3 Å². The highest BCUT2D eigenvalue weighted by Gasteiger charge is 2.07. The molecule has 0 rings (SSSR count). The maximum atomic E-state index is 9.11. The maximum absolute atomic E-state index is 9.11. The summed E-state index contributed by atoms with van der Waals surface area (Å²) in [5, 5.41) is 9.11. The van der Waals surface area contributed by atoms with Crippen LogP contribution in [0, 0.1) is 0 Å². The normalized spacial score (nSPS) is 15.4. The molecule has 0 heterocycles. The van der Waals surface area contributed by atoms with E-state index < -0.39 is 6.10 Å². The lowest BCUT2D eigenvalue weighted by molar-refractivity contribution is -0.0416. The number of ether oxygens (including phenoxy) is 3. The van der Waals surface area contributed by atoms with Gasteiger partial charge in [-0.05, 0) is 20.3 Å². The van der Waals surface area contributed by atoms with Crippen molar-refractivity contribution in [2.45, 2.75) is 32.5 Å². The molecule has 0 aromatic heterocycles. The van der Waals surface area contributed by atoms with Crippen LogP contribution in [-0.2, 0) is 14.2 Å². The van der Waals surface area contributed by atoms with E-state index in [-0.39, 0.29) is 6.10 Å². The summed E-state index contributed by atoms with van der Waals surface area (Å²) in [5.74, 6) is 0. The van der Waals surface area contributed by atoms with E-state index in [0.717, 1.165) is 13.0 Å². The largest absolute Gasteiger partial charge is 0.391 e. The van der Waals surface area contributed by atoms with E-state index >= 15 is 0 Å². The molecule has 0 bridgehead atoms. The Morgan fingerprint density at radius 1 is 1.07 bits per heavy atom. The second-order valence-electron chi connectivity index (χ2n) is 3.28. The molecule has 0 fully saturated rings. The Hall–Kier alpha value is -0.160. The standard InChI is InChI=1S/C10H22O4/c1-9(11)10(2)14-8-7-13-6-4-5-12-3/h9-11H,4-8H2,1-3H3. The molecule has 86 valence electrons. The molecule has 0 saturated heterocycles. The van der Waals surface area contributed by atoms with Gasteiger partial charge in [0.05, 0.1) is 25.4 Å². The van der Waals surface area contributed by atoms with E-state index in [0.29, 0.717) is 19.8 Å². The molecule has 0 saturated carbocycles. The Labute approximate surface area is 86.2 Å². The molecule has 1 N–H and O–H groups in total. The predicted molar refractivity (Wildman–Crippen MR) is 54.4 cm³/mol. The molecular weight excluding hydrogens is 184 g/mol. The summed E-state index contributed by atoms with van der Waals surface area (Å²) >= 11 is 0. The Balaban J connectivity index is 3.06. The van der Waals surface area contributed by atoms with Crippen LogP contribution in [0.25, 0.3) is 0 Å². The Morgan fingerprint density at radius 2 is 1.79 bits per heavy atom. The molecule has 2 atom stereocenters. The van der Waals surface area contributed by atoms with Gasteiger partial charge in [-0.1, -0.05) is 0 Å². The summed E-state index contributed by atoms with van der Waals surface area (Å²) in [7, 11) is 1.67. The highest BCUT2D eigenvalue weighted by Crippen LogP contribution is 1.96. The third-order valence-corrected chi connectivity index (χ3v) is 1.92. The Kier molecular flexibility index (Phi) is 9.29. The van der Waals surface area contributed by atoms with Crippen molar-refractivity contribution < 1.29 is 19.3 Å². The number of rotatable bonds is 9. The molecule has 2 unspecified atom stereocenters. The summed E-state index contributed by atoms with van der Waals surface area (Å²) < 4.78 is 15.5. The quantitative estimate of drug-likeness (QED) is 0.568. The molecule has 4 nitrogen and oxygen atoms in total. The molecule has 0 amide bonds. The molecular formula is C10H22O4. The van der Waals surface area contributed by atoms with Gasteiger partial charge in [-0.15, -0.1) is 0 Å². The first-order valence-electron chi connectivity index (χ1n) is 5.04. The fourth-order valence-electron chi connectivity index (χ4n) is 0.840. The van der Waals surface area contributed by atoms with Crippen molar-refractivity contribution in [2.24, 2.45) is 0 Å². The SMILES string of the molecule is COCCCOCCOC(C)C(C)O. The van der Waals surface area contributed by atoms with Gasteiger partial charge < -0.3 is 19.3 Å². The number of aliphatic hydroxyl groups is 1. The molecule has 0 aromatic rings. The van der Waals surface area contributed by atoms with Crippen molar-refractivity contribution in [3.63, 3.8) is 0 Å². The lowest BCUT2D eigenvalue weighted by Crippen LogP contribution is -2.24. The lowest BCUT2D eigenvalue weighted by atomic mass is 10.3. The molecule has 0 aliphatic carbocycles. The summed E-state index contributed by atoms with van der Waals surface area (Å²) in [4.78, 5) is 0. The van der Waals surface area contributed by atoms with E-state index in [9.17, 15) is 0 Å². The lowest BCUT2D eigenvalue weighted by Gasteiger charge is -2.15. The van der Waals surface area contributed by atoms with E-state index in [2.05, 4.69) is 0 Å². The number of hydrogen-bond donors (Lipinski definition) is 1. The topological polar surface area (TPSA) is 47.9 Å². The van der Waals surface area contributed by atoms with Crippen LogP contribution >= 0.6 is 0 Å². The van der Waals surface area contributed by atoms with Crippen molar-refractivity contribution >= 4 is 0 Å². The zero-order valence-electron chi connectivity index (χ0n) is 9.36. The van der Waals surface area contributed by atoms with Gasteiger partial charge in [0.25, 0.3) is 0 Å². The van der Waals surface area contributed by atoms with Crippen LogP contribution < -0.4 is 0 Å². The highest BCUT2D eigenvalue weighted by atomic mass is 16.5. The van der Waals surface area contributed by atoms with E-state index in [1.807, 2.05) is 6.92 Å². The van der Waals surface area contributed by atoms with Gasteiger partial charge in [0.15, 0.2) is 0 Å². The average Bonchev–Trinajstić information content (AvgIpc) is 2.16. The molecule has 14 heavy (non-hydrogen) atoms. The monoisotopic (exact) mass is 206 g/mol. The summed E-state index contributed by atoms with van der Waals surface area (Å²) in [6.45, 7) is 6.07. The molecule has 0 spiro atoms. The second-order valence-corrected chi connectivity index (χ2v) is 3.28. The fourth-order valence-corrected chi connectivity index (χ4v) is 0.840. The van der Waals surface area contributed by atoms with Crippen molar-refractivity contribution in [2.75, 3.05) is 33.5 Å². The van der Waals surface area contributed by atoms with Gasteiger partial charge in [0, 0.05) is 20.3 Å². The van der Waals surface area contributed by atoms with Gasteiger partial charge in [-0.25, -0.2) is 0 Å². The Bertz CT molecular complexity index is 117. The summed E-state index contributed by atoms with van der Waals surface area (Å²) in [5.41, 5.74) is 0. The zero-order chi connectivity index (χ0) is 10.8. The zero-order valence-corrected chi connectivity index (χ0v) is 9.36. The Morgan fingerprint density at radius 3 is 2.36 bits per heavy atom. The minimum Gasteiger partial charge on any atom is -0.391 e. The van der Waals surface area contributed by atoms with Crippen LogP contribution in [0.5, 0.6) is 0 Å². The van der Waals surface area contributed by atoms with Crippen molar-refractivity contribution in [1.29, 1.82) is 0 Å². The highest BCUT2D eigenvalue weighted by molar-refractivity contribution is 4.56. The maximum Gasteiger partial charge on any atom is 0.0804 e. The van der Waals surface area contributed by atoms with Crippen LogP contribution in [0.1, 0.15) is 20.3 Å². The minimum atomic E-state index is -0.427. The van der Waals surface area contributed by atoms with Gasteiger partial charge in [0.2, 0.25) is 0 Å². The summed E-state index contributed by atoms with van der Waals surface area (Å²) in [6.07, 6.45) is 0.351. The van der Waals surface area contributed by atoms with Crippen LogP contribution in [0.2, 0.25) is 0 Å². The number of aliphatic hydroxyl groups excluding tert-OH is 1. The van der Waals surface area contributed by atoms with Gasteiger partial charge >= 0.3 is 0 Å². The first-order chi connectivity index (χ1) is 6.68. The van der Waals surface area contributed by atoms with Crippen LogP contribution in [0.4, 0.5) is 0 Å². The van der Waals surface area contributed by atoms with Crippen LogP contribution in [0.15, 0.2) is 0 Å². The molecule has 0 aliphatic heterocycles. The predicted octanol–water partition coefficient (Wildman–Crippen LogP) is 0.825. The third-order valence-electron chi connectivity index (χ3n) is 1.92. The van der Waals surface area contributed by atoms with Gasteiger partial charge in [0.1, 0.15) is 0 Å². The van der Waals surface area contributed by atoms with E-state index in [1.165, 1.54) is 0 Å². The average molecular weight is 206 g/mol. The van der Waals surface area contributed by atoms with E-state index in [1.54, 1.807) is 14.0 Å².